The molecule has 0 saturated heterocycles. The maximum absolute atomic E-state index is 11.7. The largest absolute Gasteiger partial charge is 0.352 e. The summed E-state index contributed by atoms with van der Waals surface area (Å²) in [5, 5.41) is 3.61. The van der Waals surface area contributed by atoms with Crippen LogP contribution in [0, 0.1) is 6.92 Å². The van der Waals surface area contributed by atoms with Crippen LogP contribution in [-0.2, 0) is 11.2 Å². The van der Waals surface area contributed by atoms with Gasteiger partial charge in [-0.05, 0) is 19.1 Å². The zero-order valence-electron chi connectivity index (χ0n) is 10.7. The van der Waals surface area contributed by atoms with Gasteiger partial charge in [0, 0.05) is 17.6 Å². The van der Waals surface area contributed by atoms with Crippen LogP contribution < -0.4 is 5.32 Å². The van der Waals surface area contributed by atoms with Crippen molar-refractivity contribution in [3.05, 3.63) is 47.6 Å². The first-order chi connectivity index (χ1) is 9.20. The first kappa shape index (κ1) is 13.4. The van der Waals surface area contributed by atoms with Gasteiger partial charge < -0.3 is 5.32 Å². The maximum Gasteiger partial charge on any atom is 0.225 e. The van der Waals surface area contributed by atoms with Gasteiger partial charge >= 0.3 is 0 Å². The number of rotatable bonds is 5. The van der Waals surface area contributed by atoms with Crippen LogP contribution in [0.2, 0.25) is 0 Å². The number of nitrogens with zero attached hydrogens (tertiary/aromatic N) is 2. The van der Waals surface area contributed by atoms with Crippen LogP contribution in [0.25, 0.3) is 10.7 Å². The lowest BCUT2D eigenvalue weighted by Crippen LogP contribution is -2.24. The minimum Gasteiger partial charge on any atom is -0.352 e. The standard InChI is InChI=1S/C14H15N3OS/c1-3-7-16-13(18)9-12-10(2)17-14(19-12)11-6-4-5-8-15-11/h3-6,8H,1,7,9H2,2H3,(H,16,18). The molecule has 2 aromatic heterocycles. The molecule has 4 nitrogen and oxygen atoms in total. The second-order valence-electron chi connectivity index (χ2n) is 4.01. The molecule has 0 radical (unpaired) electrons. The predicted molar refractivity (Wildman–Crippen MR) is 77.0 cm³/mol. The zero-order chi connectivity index (χ0) is 13.7. The average molecular weight is 273 g/mol. The highest BCUT2D eigenvalue weighted by molar-refractivity contribution is 7.15. The summed E-state index contributed by atoms with van der Waals surface area (Å²) in [5.41, 5.74) is 1.73. The van der Waals surface area contributed by atoms with Crippen LogP contribution >= 0.6 is 11.3 Å². The van der Waals surface area contributed by atoms with Gasteiger partial charge in [0.2, 0.25) is 5.91 Å². The van der Waals surface area contributed by atoms with Crippen molar-refractivity contribution in [2.24, 2.45) is 0 Å². The summed E-state index contributed by atoms with van der Waals surface area (Å²) < 4.78 is 0. The molecule has 98 valence electrons. The Morgan fingerprint density at radius 1 is 1.53 bits per heavy atom. The molecule has 0 bridgehead atoms. The van der Waals surface area contributed by atoms with E-state index in [2.05, 4.69) is 21.9 Å². The van der Waals surface area contributed by atoms with E-state index in [4.69, 9.17) is 0 Å². The van der Waals surface area contributed by atoms with Crippen LogP contribution in [0.4, 0.5) is 0 Å². The Kier molecular flexibility index (Phi) is 4.41. The number of carbonyl (C=O) groups is 1. The minimum absolute atomic E-state index is 0.0146. The van der Waals surface area contributed by atoms with Crippen molar-refractivity contribution in [3.63, 3.8) is 0 Å². The van der Waals surface area contributed by atoms with E-state index in [1.165, 1.54) is 11.3 Å². The smallest absolute Gasteiger partial charge is 0.225 e. The summed E-state index contributed by atoms with van der Waals surface area (Å²) in [4.78, 5) is 21.4. The third kappa shape index (κ3) is 3.48. The molecule has 19 heavy (non-hydrogen) atoms. The fraction of sp³-hybridized carbons (Fsp3) is 0.214. The van der Waals surface area contributed by atoms with Crippen LogP contribution in [-0.4, -0.2) is 22.4 Å². The minimum atomic E-state index is -0.0146. The van der Waals surface area contributed by atoms with Gasteiger partial charge in [0.1, 0.15) is 5.01 Å². The number of amides is 1. The predicted octanol–water partition coefficient (Wildman–Crippen LogP) is 2.36. The quantitative estimate of drug-likeness (QED) is 0.851. The lowest BCUT2D eigenvalue weighted by Gasteiger charge is -2.00. The van der Waals surface area contributed by atoms with Gasteiger partial charge in [-0.25, -0.2) is 4.98 Å². The molecule has 2 aromatic rings. The first-order valence-electron chi connectivity index (χ1n) is 5.96. The SMILES string of the molecule is C=CCNC(=O)Cc1sc(-c2ccccn2)nc1C. The maximum atomic E-state index is 11.7. The highest BCUT2D eigenvalue weighted by Gasteiger charge is 2.12. The molecule has 0 atom stereocenters. The molecule has 1 amide bonds. The molecule has 0 saturated carbocycles. The number of hydrogen-bond donors (Lipinski definition) is 1. The van der Waals surface area contributed by atoms with Crippen molar-refractivity contribution >= 4 is 17.2 Å². The second kappa shape index (κ2) is 6.24. The van der Waals surface area contributed by atoms with Crippen molar-refractivity contribution in [1.29, 1.82) is 0 Å². The summed E-state index contributed by atoms with van der Waals surface area (Å²) in [7, 11) is 0. The van der Waals surface area contributed by atoms with E-state index >= 15 is 0 Å². The van der Waals surface area contributed by atoms with Crippen LogP contribution in [0.15, 0.2) is 37.1 Å². The van der Waals surface area contributed by atoms with Gasteiger partial charge in [0.15, 0.2) is 0 Å². The molecule has 2 heterocycles. The topological polar surface area (TPSA) is 54.9 Å². The van der Waals surface area contributed by atoms with E-state index in [-0.39, 0.29) is 5.91 Å². The van der Waals surface area contributed by atoms with Gasteiger partial charge in [-0.2, -0.15) is 0 Å². The number of nitrogens with one attached hydrogen (secondary N) is 1. The van der Waals surface area contributed by atoms with E-state index in [1.807, 2.05) is 25.1 Å². The van der Waals surface area contributed by atoms with Gasteiger partial charge in [0.05, 0.1) is 17.8 Å². The summed E-state index contributed by atoms with van der Waals surface area (Å²) in [5.74, 6) is -0.0146. The van der Waals surface area contributed by atoms with Crippen molar-refractivity contribution in [2.75, 3.05) is 6.54 Å². The van der Waals surface area contributed by atoms with Gasteiger partial charge in [-0.15, -0.1) is 17.9 Å². The van der Waals surface area contributed by atoms with E-state index in [1.54, 1.807) is 12.3 Å². The van der Waals surface area contributed by atoms with Crippen LogP contribution in [0.1, 0.15) is 10.6 Å². The molecule has 0 aliphatic rings. The summed E-state index contributed by atoms with van der Waals surface area (Å²) >= 11 is 1.51. The molecular weight excluding hydrogens is 258 g/mol. The Labute approximate surface area is 116 Å². The Morgan fingerprint density at radius 3 is 3.05 bits per heavy atom. The Bertz CT molecular complexity index is 578. The third-order valence-electron chi connectivity index (χ3n) is 2.54. The normalized spacial score (nSPS) is 10.2. The Hall–Kier alpha value is -2.01. The summed E-state index contributed by atoms with van der Waals surface area (Å²) in [6, 6.07) is 5.71. The summed E-state index contributed by atoms with van der Waals surface area (Å²) in [6.07, 6.45) is 3.75. The third-order valence-corrected chi connectivity index (χ3v) is 3.72. The molecule has 5 heteroatoms. The van der Waals surface area contributed by atoms with Crippen molar-refractivity contribution in [3.8, 4) is 10.7 Å². The number of carbonyl (C=O) groups excluding carboxylic acids is 1. The van der Waals surface area contributed by atoms with Crippen molar-refractivity contribution in [1.82, 2.24) is 15.3 Å². The van der Waals surface area contributed by atoms with Gasteiger partial charge in [0.25, 0.3) is 0 Å². The van der Waals surface area contributed by atoms with E-state index in [0.717, 1.165) is 21.3 Å². The molecule has 0 aliphatic carbocycles. The van der Waals surface area contributed by atoms with Crippen molar-refractivity contribution < 1.29 is 4.79 Å². The number of pyridine rings is 1. The highest BCUT2D eigenvalue weighted by Crippen LogP contribution is 2.26. The molecule has 0 fully saturated rings. The van der Waals surface area contributed by atoms with Crippen molar-refractivity contribution in [2.45, 2.75) is 13.3 Å². The lowest BCUT2D eigenvalue weighted by molar-refractivity contribution is -0.120. The Morgan fingerprint density at radius 2 is 2.37 bits per heavy atom. The average Bonchev–Trinajstić information content (AvgIpc) is 2.79. The van der Waals surface area contributed by atoms with E-state index in [9.17, 15) is 4.79 Å². The fourth-order valence-electron chi connectivity index (χ4n) is 1.59. The first-order valence-corrected chi connectivity index (χ1v) is 6.77. The van der Waals surface area contributed by atoms with Gasteiger partial charge in [-0.1, -0.05) is 12.1 Å². The molecule has 0 spiro atoms. The van der Waals surface area contributed by atoms with Gasteiger partial charge in [-0.3, -0.25) is 9.78 Å². The molecule has 2 rings (SSSR count). The number of aryl methyl sites for hydroxylation is 1. The molecular formula is C14H15N3OS. The second-order valence-corrected chi connectivity index (χ2v) is 5.10. The lowest BCUT2D eigenvalue weighted by atomic mass is 10.3. The van der Waals surface area contributed by atoms with E-state index in [0.29, 0.717) is 13.0 Å². The van der Waals surface area contributed by atoms with E-state index < -0.39 is 0 Å². The highest BCUT2D eigenvalue weighted by atomic mass is 32.1. The number of thiazole rings is 1. The zero-order valence-corrected chi connectivity index (χ0v) is 11.5. The van der Waals surface area contributed by atoms with Crippen LogP contribution in [0.3, 0.4) is 0 Å². The molecule has 0 aromatic carbocycles. The molecule has 0 unspecified atom stereocenters. The van der Waals surface area contributed by atoms with Crippen LogP contribution in [0.5, 0.6) is 0 Å². The molecule has 1 N–H and O–H groups in total. The summed E-state index contributed by atoms with van der Waals surface area (Å²) in [6.45, 7) is 5.97. The Balaban J connectivity index is 2.13. The molecule has 0 aliphatic heterocycles. The number of hydrogen-bond acceptors (Lipinski definition) is 4. The number of aromatic nitrogens is 2. The monoisotopic (exact) mass is 273 g/mol. The fourth-order valence-corrected chi connectivity index (χ4v) is 2.62.